The molecule has 1 aromatic rings. The van der Waals surface area contributed by atoms with Crippen LogP contribution in [-0.2, 0) is 6.54 Å². The third-order valence-corrected chi connectivity index (χ3v) is 3.04. The van der Waals surface area contributed by atoms with Crippen LogP contribution in [0, 0.1) is 0 Å². The molecule has 0 unspecified atom stereocenters. The molecule has 0 bridgehead atoms. The van der Waals surface area contributed by atoms with Gasteiger partial charge in [-0.2, -0.15) is 0 Å². The Balaban J connectivity index is 1.74. The van der Waals surface area contributed by atoms with E-state index >= 15 is 0 Å². The summed E-state index contributed by atoms with van der Waals surface area (Å²) in [6.45, 7) is 2.33. The number of carbonyl (C=O) groups is 1. The van der Waals surface area contributed by atoms with Gasteiger partial charge in [0.05, 0.1) is 0 Å². The van der Waals surface area contributed by atoms with E-state index in [1.807, 2.05) is 6.07 Å². The molecule has 1 aromatic carbocycles. The van der Waals surface area contributed by atoms with Crippen LogP contribution in [0.2, 0.25) is 0 Å². The van der Waals surface area contributed by atoms with E-state index in [0.29, 0.717) is 6.54 Å². The van der Waals surface area contributed by atoms with Crippen molar-refractivity contribution in [1.82, 2.24) is 16.0 Å². The van der Waals surface area contributed by atoms with Crippen LogP contribution in [0.15, 0.2) is 24.3 Å². The second kappa shape index (κ2) is 6.26. The van der Waals surface area contributed by atoms with Gasteiger partial charge in [-0.25, -0.2) is 4.79 Å². The Morgan fingerprint density at radius 2 is 2.17 bits per heavy atom. The number of amides is 2. The van der Waals surface area contributed by atoms with E-state index in [4.69, 9.17) is 0 Å². The van der Waals surface area contributed by atoms with Crippen LogP contribution >= 0.6 is 0 Å². The first-order valence-electron chi connectivity index (χ1n) is 6.27. The number of rotatable bonds is 3. The van der Waals surface area contributed by atoms with E-state index in [-0.39, 0.29) is 17.8 Å². The van der Waals surface area contributed by atoms with Gasteiger partial charge in [-0.15, -0.1) is 0 Å². The number of benzene rings is 1. The van der Waals surface area contributed by atoms with Crippen LogP contribution in [0.25, 0.3) is 0 Å². The van der Waals surface area contributed by atoms with Crippen molar-refractivity contribution < 1.29 is 9.90 Å². The molecule has 1 aliphatic rings. The highest BCUT2D eigenvalue weighted by Crippen LogP contribution is 2.10. The van der Waals surface area contributed by atoms with Gasteiger partial charge >= 0.3 is 6.03 Å². The lowest BCUT2D eigenvalue weighted by Crippen LogP contribution is -2.46. The first-order valence-corrected chi connectivity index (χ1v) is 6.27. The minimum absolute atomic E-state index is 0.148. The van der Waals surface area contributed by atoms with E-state index in [0.717, 1.165) is 31.5 Å². The fraction of sp³-hybridized carbons (Fsp3) is 0.462. The monoisotopic (exact) mass is 249 g/mol. The zero-order valence-electron chi connectivity index (χ0n) is 10.3. The van der Waals surface area contributed by atoms with Crippen molar-refractivity contribution in [2.24, 2.45) is 0 Å². The summed E-state index contributed by atoms with van der Waals surface area (Å²) in [7, 11) is 0. The average Bonchev–Trinajstić information content (AvgIpc) is 2.38. The van der Waals surface area contributed by atoms with E-state index in [9.17, 15) is 9.90 Å². The molecular weight excluding hydrogens is 230 g/mol. The highest BCUT2D eigenvalue weighted by atomic mass is 16.3. The maximum atomic E-state index is 11.7. The number of phenolic OH excluding ortho intramolecular Hbond substituents is 1. The first-order chi connectivity index (χ1) is 8.74. The largest absolute Gasteiger partial charge is 0.508 e. The van der Waals surface area contributed by atoms with Crippen LogP contribution in [0.1, 0.15) is 18.4 Å². The molecule has 0 saturated carbocycles. The molecule has 1 fully saturated rings. The molecule has 2 amide bonds. The van der Waals surface area contributed by atoms with Crippen LogP contribution in [0.5, 0.6) is 5.75 Å². The third-order valence-electron chi connectivity index (χ3n) is 3.04. The molecule has 4 N–H and O–H groups in total. The van der Waals surface area contributed by atoms with Gasteiger partial charge in [0, 0.05) is 12.6 Å². The molecule has 1 saturated heterocycles. The lowest BCUT2D eigenvalue weighted by atomic mass is 10.1. The van der Waals surface area contributed by atoms with Crippen molar-refractivity contribution in [3.8, 4) is 5.75 Å². The number of nitrogens with one attached hydrogen (secondary N) is 3. The SMILES string of the molecule is O=C(NCc1cccc(O)c1)NC1CCNCC1. The van der Waals surface area contributed by atoms with Gasteiger partial charge in [-0.3, -0.25) is 0 Å². The maximum absolute atomic E-state index is 11.7. The smallest absolute Gasteiger partial charge is 0.315 e. The van der Waals surface area contributed by atoms with Crippen molar-refractivity contribution in [2.45, 2.75) is 25.4 Å². The summed E-state index contributed by atoms with van der Waals surface area (Å²) in [5, 5.41) is 18.3. The van der Waals surface area contributed by atoms with Crippen molar-refractivity contribution in [2.75, 3.05) is 13.1 Å². The second-order valence-electron chi connectivity index (χ2n) is 4.52. The van der Waals surface area contributed by atoms with Gasteiger partial charge in [0.25, 0.3) is 0 Å². The summed E-state index contributed by atoms with van der Waals surface area (Å²) in [4.78, 5) is 11.7. The number of phenols is 1. The number of piperidine rings is 1. The summed E-state index contributed by atoms with van der Waals surface area (Å²) in [5.74, 6) is 0.216. The van der Waals surface area contributed by atoms with E-state index in [1.54, 1.807) is 18.2 Å². The summed E-state index contributed by atoms with van der Waals surface area (Å²) in [6.07, 6.45) is 1.94. The minimum atomic E-state index is -0.148. The fourth-order valence-electron chi connectivity index (χ4n) is 2.05. The molecular formula is C13H19N3O2. The van der Waals surface area contributed by atoms with Crippen LogP contribution in [-0.4, -0.2) is 30.3 Å². The van der Waals surface area contributed by atoms with E-state index in [2.05, 4.69) is 16.0 Å². The lowest BCUT2D eigenvalue weighted by Gasteiger charge is -2.23. The highest BCUT2D eigenvalue weighted by molar-refractivity contribution is 5.74. The average molecular weight is 249 g/mol. The molecule has 1 heterocycles. The van der Waals surface area contributed by atoms with Gasteiger partial charge in [-0.05, 0) is 43.6 Å². The van der Waals surface area contributed by atoms with Gasteiger partial charge in [0.15, 0.2) is 0 Å². The lowest BCUT2D eigenvalue weighted by molar-refractivity contribution is 0.233. The summed E-state index contributed by atoms with van der Waals surface area (Å²) < 4.78 is 0. The molecule has 1 aliphatic heterocycles. The molecule has 18 heavy (non-hydrogen) atoms. The van der Waals surface area contributed by atoms with Crippen molar-refractivity contribution in [3.05, 3.63) is 29.8 Å². The number of carbonyl (C=O) groups excluding carboxylic acids is 1. The summed E-state index contributed by atoms with van der Waals surface area (Å²) in [5.41, 5.74) is 0.885. The Kier molecular flexibility index (Phi) is 4.41. The van der Waals surface area contributed by atoms with Crippen LogP contribution < -0.4 is 16.0 Å². The quantitative estimate of drug-likeness (QED) is 0.644. The molecule has 0 aromatic heterocycles. The number of aromatic hydroxyl groups is 1. The number of hydrogen-bond donors (Lipinski definition) is 4. The molecule has 0 spiro atoms. The van der Waals surface area contributed by atoms with Gasteiger partial charge < -0.3 is 21.1 Å². The second-order valence-corrected chi connectivity index (χ2v) is 4.52. The van der Waals surface area contributed by atoms with Crippen LogP contribution in [0.3, 0.4) is 0 Å². The Morgan fingerprint density at radius 3 is 2.89 bits per heavy atom. The Labute approximate surface area is 107 Å². The zero-order chi connectivity index (χ0) is 12.8. The molecule has 0 aliphatic carbocycles. The topological polar surface area (TPSA) is 73.4 Å². The van der Waals surface area contributed by atoms with Gasteiger partial charge in [0.2, 0.25) is 0 Å². The molecule has 98 valence electrons. The van der Waals surface area contributed by atoms with Crippen molar-refractivity contribution in [3.63, 3.8) is 0 Å². The van der Waals surface area contributed by atoms with Gasteiger partial charge in [0.1, 0.15) is 5.75 Å². The number of urea groups is 1. The third kappa shape index (κ3) is 3.92. The normalized spacial score (nSPS) is 16.2. The Morgan fingerprint density at radius 1 is 1.39 bits per heavy atom. The predicted molar refractivity (Wildman–Crippen MR) is 69.4 cm³/mol. The maximum Gasteiger partial charge on any atom is 0.315 e. The predicted octanol–water partition coefficient (Wildman–Crippen LogP) is 0.943. The number of hydrogen-bond acceptors (Lipinski definition) is 3. The minimum Gasteiger partial charge on any atom is -0.508 e. The van der Waals surface area contributed by atoms with Crippen LogP contribution in [0.4, 0.5) is 4.79 Å². The van der Waals surface area contributed by atoms with E-state index < -0.39 is 0 Å². The summed E-state index contributed by atoms with van der Waals surface area (Å²) >= 11 is 0. The van der Waals surface area contributed by atoms with Crippen molar-refractivity contribution in [1.29, 1.82) is 0 Å². The zero-order valence-corrected chi connectivity index (χ0v) is 10.3. The summed E-state index contributed by atoms with van der Waals surface area (Å²) in [6, 6.07) is 6.99. The fourth-order valence-corrected chi connectivity index (χ4v) is 2.05. The molecule has 5 heteroatoms. The molecule has 5 nitrogen and oxygen atoms in total. The van der Waals surface area contributed by atoms with Gasteiger partial charge in [-0.1, -0.05) is 12.1 Å². The molecule has 0 radical (unpaired) electrons. The standard InChI is InChI=1S/C13H19N3O2/c17-12-3-1-2-10(8-12)9-15-13(18)16-11-4-6-14-7-5-11/h1-3,8,11,14,17H,4-7,9H2,(H2,15,16,18). The Hall–Kier alpha value is -1.75. The highest BCUT2D eigenvalue weighted by Gasteiger charge is 2.14. The Bertz CT molecular complexity index is 403. The first kappa shape index (κ1) is 12.7. The molecule has 2 rings (SSSR count). The van der Waals surface area contributed by atoms with E-state index in [1.165, 1.54) is 0 Å². The van der Waals surface area contributed by atoms with Crippen molar-refractivity contribution >= 4 is 6.03 Å². The molecule has 0 atom stereocenters.